The number of amides is 1. The van der Waals surface area contributed by atoms with Gasteiger partial charge in [0.25, 0.3) is 0 Å². The molecule has 1 heterocycles. The maximum absolute atomic E-state index is 11.7. The standard InChI is InChI=1S/C16H28N4O/c1-2-3-4-5-6-7-10-17-15-11-18-20(12-15)13-16(21)19-14-8-9-14/h11-12,14,17H,2-10,13H2,1H3,(H,19,21). The minimum Gasteiger partial charge on any atom is -0.383 e. The van der Waals surface area contributed by atoms with Gasteiger partial charge in [-0.15, -0.1) is 0 Å². The molecule has 5 nitrogen and oxygen atoms in total. The number of nitrogens with one attached hydrogen (secondary N) is 2. The quantitative estimate of drug-likeness (QED) is 0.617. The first-order chi connectivity index (χ1) is 10.3. The normalized spacial score (nSPS) is 14.1. The van der Waals surface area contributed by atoms with Crippen molar-refractivity contribution in [3.05, 3.63) is 12.4 Å². The average molecular weight is 292 g/mol. The van der Waals surface area contributed by atoms with Crippen LogP contribution in [0.1, 0.15) is 58.3 Å². The van der Waals surface area contributed by atoms with Crippen molar-refractivity contribution in [2.24, 2.45) is 0 Å². The summed E-state index contributed by atoms with van der Waals surface area (Å²) in [6.07, 6.45) is 13.7. The van der Waals surface area contributed by atoms with E-state index in [0.29, 0.717) is 12.6 Å². The van der Waals surface area contributed by atoms with Crippen LogP contribution in [0.4, 0.5) is 5.69 Å². The van der Waals surface area contributed by atoms with E-state index in [0.717, 1.165) is 25.1 Å². The van der Waals surface area contributed by atoms with E-state index in [9.17, 15) is 4.79 Å². The number of nitrogens with zero attached hydrogens (tertiary/aromatic N) is 2. The maximum atomic E-state index is 11.7. The van der Waals surface area contributed by atoms with E-state index < -0.39 is 0 Å². The van der Waals surface area contributed by atoms with E-state index in [1.54, 1.807) is 10.9 Å². The van der Waals surface area contributed by atoms with Crippen molar-refractivity contribution in [1.82, 2.24) is 15.1 Å². The highest BCUT2D eigenvalue weighted by Gasteiger charge is 2.23. The largest absolute Gasteiger partial charge is 0.383 e. The second-order valence-corrected chi connectivity index (χ2v) is 5.96. The van der Waals surface area contributed by atoms with Crippen molar-refractivity contribution in [2.75, 3.05) is 11.9 Å². The number of anilines is 1. The molecule has 118 valence electrons. The monoisotopic (exact) mass is 292 g/mol. The van der Waals surface area contributed by atoms with E-state index in [1.165, 1.54) is 38.5 Å². The molecule has 0 aliphatic heterocycles. The van der Waals surface area contributed by atoms with Crippen LogP contribution in [0.5, 0.6) is 0 Å². The summed E-state index contributed by atoms with van der Waals surface area (Å²) in [6.45, 7) is 3.53. The van der Waals surface area contributed by atoms with E-state index in [4.69, 9.17) is 0 Å². The van der Waals surface area contributed by atoms with Crippen LogP contribution >= 0.6 is 0 Å². The average Bonchev–Trinajstić information content (AvgIpc) is 3.16. The van der Waals surface area contributed by atoms with Gasteiger partial charge in [0.1, 0.15) is 6.54 Å². The molecule has 1 saturated carbocycles. The van der Waals surface area contributed by atoms with Crippen LogP contribution in [0.2, 0.25) is 0 Å². The van der Waals surface area contributed by atoms with Crippen molar-refractivity contribution >= 4 is 11.6 Å². The van der Waals surface area contributed by atoms with Gasteiger partial charge in [0.2, 0.25) is 5.91 Å². The fourth-order valence-corrected chi connectivity index (χ4v) is 2.33. The Balaban J connectivity index is 1.55. The van der Waals surface area contributed by atoms with Gasteiger partial charge in [-0.25, -0.2) is 0 Å². The Labute approximate surface area is 127 Å². The molecular formula is C16H28N4O. The second-order valence-electron chi connectivity index (χ2n) is 5.96. The van der Waals surface area contributed by atoms with Gasteiger partial charge in [0.05, 0.1) is 11.9 Å². The third-order valence-corrected chi connectivity index (χ3v) is 3.74. The Hall–Kier alpha value is -1.52. The number of rotatable bonds is 11. The first-order valence-electron chi connectivity index (χ1n) is 8.33. The lowest BCUT2D eigenvalue weighted by molar-refractivity contribution is -0.122. The van der Waals surface area contributed by atoms with Gasteiger partial charge in [-0.2, -0.15) is 5.10 Å². The van der Waals surface area contributed by atoms with Gasteiger partial charge in [0.15, 0.2) is 0 Å². The minimum absolute atomic E-state index is 0.0584. The Bertz CT molecular complexity index is 426. The van der Waals surface area contributed by atoms with Crippen LogP contribution in [-0.2, 0) is 11.3 Å². The van der Waals surface area contributed by atoms with Gasteiger partial charge < -0.3 is 10.6 Å². The Morgan fingerprint density at radius 3 is 2.81 bits per heavy atom. The molecule has 1 aromatic heterocycles. The smallest absolute Gasteiger partial charge is 0.241 e. The molecule has 1 aliphatic carbocycles. The van der Waals surface area contributed by atoms with Crippen molar-refractivity contribution in [2.45, 2.75) is 70.9 Å². The minimum atomic E-state index is 0.0584. The van der Waals surface area contributed by atoms with Gasteiger partial charge in [-0.05, 0) is 19.3 Å². The van der Waals surface area contributed by atoms with Crippen molar-refractivity contribution in [1.29, 1.82) is 0 Å². The van der Waals surface area contributed by atoms with Crippen LogP contribution in [0, 0.1) is 0 Å². The molecule has 1 aromatic rings. The zero-order chi connectivity index (χ0) is 14.9. The molecule has 1 fully saturated rings. The summed E-state index contributed by atoms with van der Waals surface area (Å²) in [5, 5.41) is 10.6. The Kier molecular flexibility index (Phi) is 6.57. The van der Waals surface area contributed by atoms with Crippen molar-refractivity contribution < 1.29 is 4.79 Å². The molecule has 5 heteroatoms. The van der Waals surface area contributed by atoms with Crippen LogP contribution < -0.4 is 10.6 Å². The SMILES string of the molecule is CCCCCCCCNc1cnn(CC(=O)NC2CC2)c1. The number of unbranched alkanes of at least 4 members (excludes halogenated alkanes) is 5. The number of hydrogen-bond acceptors (Lipinski definition) is 3. The Morgan fingerprint density at radius 2 is 2.05 bits per heavy atom. The summed E-state index contributed by atoms with van der Waals surface area (Å²) in [4.78, 5) is 11.7. The summed E-state index contributed by atoms with van der Waals surface area (Å²) in [5.74, 6) is 0.0584. The number of hydrogen-bond donors (Lipinski definition) is 2. The third-order valence-electron chi connectivity index (χ3n) is 3.74. The summed E-state index contributed by atoms with van der Waals surface area (Å²) in [6, 6.07) is 0.415. The van der Waals surface area contributed by atoms with Crippen molar-refractivity contribution in [3.8, 4) is 0 Å². The fourth-order valence-electron chi connectivity index (χ4n) is 2.33. The van der Waals surface area contributed by atoms with Gasteiger partial charge in [-0.3, -0.25) is 9.48 Å². The number of aromatic nitrogens is 2. The lowest BCUT2D eigenvalue weighted by atomic mass is 10.1. The summed E-state index contributed by atoms with van der Waals surface area (Å²) < 4.78 is 1.70. The molecule has 0 saturated heterocycles. The highest BCUT2D eigenvalue weighted by Crippen LogP contribution is 2.18. The molecular weight excluding hydrogens is 264 g/mol. The molecule has 21 heavy (non-hydrogen) atoms. The maximum Gasteiger partial charge on any atom is 0.241 e. The van der Waals surface area contributed by atoms with Crippen molar-refractivity contribution in [3.63, 3.8) is 0 Å². The summed E-state index contributed by atoms with van der Waals surface area (Å²) in [7, 11) is 0. The van der Waals surface area contributed by atoms with E-state index in [1.807, 2.05) is 6.20 Å². The second kappa shape index (κ2) is 8.70. The lowest BCUT2D eigenvalue weighted by Crippen LogP contribution is -2.29. The molecule has 2 N–H and O–H groups in total. The molecule has 0 spiro atoms. The summed E-state index contributed by atoms with van der Waals surface area (Å²) >= 11 is 0. The molecule has 1 aliphatic rings. The van der Waals surface area contributed by atoms with Crippen LogP contribution in [-0.4, -0.2) is 28.3 Å². The number of carbonyl (C=O) groups is 1. The zero-order valence-corrected chi connectivity index (χ0v) is 13.1. The number of carbonyl (C=O) groups excluding carboxylic acids is 1. The molecule has 0 radical (unpaired) electrons. The molecule has 0 aromatic carbocycles. The van der Waals surface area contributed by atoms with Gasteiger partial charge in [-0.1, -0.05) is 39.0 Å². The topological polar surface area (TPSA) is 59.0 Å². The van der Waals surface area contributed by atoms with Crippen LogP contribution in [0.3, 0.4) is 0 Å². The molecule has 0 unspecified atom stereocenters. The third kappa shape index (κ3) is 6.65. The highest BCUT2D eigenvalue weighted by atomic mass is 16.2. The Morgan fingerprint density at radius 1 is 1.29 bits per heavy atom. The summed E-state index contributed by atoms with van der Waals surface area (Å²) in [5.41, 5.74) is 1.00. The van der Waals surface area contributed by atoms with E-state index in [-0.39, 0.29) is 5.91 Å². The van der Waals surface area contributed by atoms with Crippen LogP contribution in [0.15, 0.2) is 12.4 Å². The first-order valence-corrected chi connectivity index (χ1v) is 8.33. The molecule has 0 bridgehead atoms. The van der Waals surface area contributed by atoms with Gasteiger partial charge in [0, 0.05) is 18.8 Å². The van der Waals surface area contributed by atoms with Gasteiger partial charge >= 0.3 is 0 Å². The fraction of sp³-hybridized carbons (Fsp3) is 0.750. The molecule has 2 rings (SSSR count). The van der Waals surface area contributed by atoms with E-state index in [2.05, 4.69) is 22.7 Å². The molecule has 1 amide bonds. The predicted molar refractivity (Wildman–Crippen MR) is 85.3 cm³/mol. The highest BCUT2D eigenvalue weighted by molar-refractivity contribution is 5.76. The lowest BCUT2D eigenvalue weighted by Gasteiger charge is -2.04. The van der Waals surface area contributed by atoms with Crippen LogP contribution in [0.25, 0.3) is 0 Å². The molecule has 0 atom stereocenters. The zero-order valence-electron chi connectivity index (χ0n) is 13.1. The van der Waals surface area contributed by atoms with E-state index >= 15 is 0 Å². The predicted octanol–water partition coefficient (Wildman–Crippen LogP) is 2.93. The first kappa shape index (κ1) is 15.9.